The minimum Gasteiger partial charge on any atom is -0.463 e. The molecule has 1 atom stereocenters. The number of aromatic amines is 1. The Balaban J connectivity index is 2.02. The molecule has 0 bridgehead atoms. The normalized spacial score (nSPS) is 12.3. The minimum absolute atomic E-state index is 0.107. The molecule has 0 amide bonds. The van der Waals surface area contributed by atoms with E-state index < -0.39 is 5.97 Å². The maximum atomic E-state index is 11.5. The van der Waals surface area contributed by atoms with Crippen molar-refractivity contribution >= 4 is 5.97 Å². The standard InChI is InChI=1S/C13H17N3O3/c1-3-10(12-14-5-6-15-12)16-8-9-4-7-19-11(9)13(17)18-2/h4-7,10,16H,3,8H2,1-2H3,(H,14,15). The zero-order valence-electron chi connectivity index (χ0n) is 11.0. The van der Waals surface area contributed by atoms with E-state index >= 15 is 0 Å². The smallest absolute Gasteiger partial charge is 0.374 e. The summed E-state index contributed by atoms with van der Waals surface area (Å²) in [4.78, 5) is 18.8. The second kappa shape index (κ2) is 6.19. The van der Waals surface area contributed by atoms with Gasteiger partial charge in [-0.15, -0.1) is 0 Å². The van der Waals surface area contributed by atoms with Crippen LogP contribution in [0, 0.1) is 0 Å². The van der Waals surface area contributed by atoms with Gasteiger partial charge in [0.25, 0.3) is 0 Å². The van der Waals surface area contributed by atoms with E-state index in [4.69, 9.17) is 4.42 Å². The van der Waals surface area contributed by atoms with Crippen LogP contribution in [0.25, 0.3) is 0 Å². The van der Waals surface area contributed by atoms with E-state index in [0.29, 0.717) is 6.54 Å². The van der Waals surface area contributed by atoms with Crippen molar-refractivity contribution in [3.8, 4) is 0 Å². The predicted molar refractivity (Wildman–Crippen MR) is 68.5 cm³/mol. The molecule has 2 heterocycles. The fourth-order valence-corrected chi connectivity index (χ4v) is 1.88. The van der Waals surface area contributed by atoms with Gasteiger partial charge in [0.2, 0.25) is 5.76 Å². The molecule has 0 spiro atoms. The highest BCUT2D eigenvalue weighted by molar-refractivity contribution is 5.87. The van der Waals surface area contributed by atoms with Crippen molar-refractivity contribution in [3.63, 3.8) is 0 Å². The molecule has 2 aromatic heterocycles. The lowest BCUT2D eigenvalue weighted by molar-refractivity contribution is 0.0563. The van der Waals surface area contributed by atoms with Crippen LogP contribution in [0.4, 0.5) is 0 Å². The van der Waals surface area contributed by atoms with Gasteiger partial charge in [0.05, 0.1) is 19.4 Å². The third-order valence-corrected chi connectivity index (χ3v) is 2.91. The summed E-state index contributed by atoms with van der Waals surface area (Å²) in [5.74, 6) is 0.655. The molecule has 0 radical (unpaired) electrons. The summed E-state index contributed by atoms with van der Waals surface area (Å²) in [6, 6.07) is 1.86. The Kier molecular flexibility index (Phi) is 4.35. The van der Waals surface area contributed by atoms with Gasteiger partial charge in [-0.05, 0) is 12.5 Å². The lowest BCUT2D eigenvalue weighted by atomic mass is 10.2. The largest absolute Gasteiger partial charge is 0.463 e. The van der Waals surface area contributed by atoms with Crippen molar-refractivity contribution in [2.75, 3.05) is 7.11 Å². The van der Waals surface area contributed by atoms with Gasteiger partial charge in [-0.2, -0.15) is 0 Å². The number of nitrogens with one attached hydrogen (secondary N) is 2. The first-order chi connectivity index (χ1) is 9.26. The number of esters is 1. The minimum atomic E-state index is -0.465. The van der Waals surface area contributed by atoms with Crippen LogP contribution >= 0.6 is 0 Å². The maximum Gasteiger partial charge on any atom is 0.374 e. The van der Waals surface area contributed by atoms with E-state index in [9.17, 15) is 4.79 Å². The van der Waals surface area contributed by atoms with Crippen LogP contribution in [0.15, 0.2) is 29.1 Å². The molecule has 6 nitrogen and oxygen atoms in total. The fraction of sp³-hybridized carbons (Fsp3) is 0.385. The van der Waals surface area contributed by atoms with Crippen molar-refractivity contribution in [1.29, 1.82) is 0 Å². The van der Waals surface area contributed by atoms with Gasteiger partial charge in [-0.1, -0.05) is 6.92 Å². The highest BCUT2D eigenvalue weighted by Gasteiger charge is 2.17. The summed E-state index contributed by atoms with van der Waals surface area (Å²) in [5.41, 5.74) is 0.775. The molecule has 2 rings (SSSR count). The van der Waals surface area contributed by atoms with E-state index in [1.54, 1.807) is 18.5 Å². The van der Waals surface area contributed by atoms with Gasteiger partial charge in [0.15, 0.2) is 0 Å². The monoisotopic (exact) mass is 263 g/mol. The van der Waals surface area contributed by atoms with Crippen molar-refractivity contribution in [3.05, 3.63) is 41.9 Å². The number of hydrogen-bond donors (Lipinski definition) is 2. The third-order valence-electron chi connectivity index (χ3n) is 2.91. The molecule has 0 saturated carbocycles. The molecule has 102 valence electrons. The lowest BCUT2D eigenvalue weighted by Crippen LogP contribution is -2.22. The van der Waals surface area contributed by atoms with Crippen molar-refractivity contribution < 1.29 is 13.9 Å². The number of carbonyl (C=O) groups is 1. The first kappa shape index (κ1) is 13.4. The Morgan fingerprint density at radius 2 is 2.47 bits per heavy atom. The molecular weight excluding hydrogens is 246 g/mol. The Morgan fingerprint density at radius 3 is 3.11 bits per heavy atom. The molecule has 0 saturated heterocycles. The number of imidazole rings is 1. The summed E-state index contributed by atoms with van der Waals surface area (Å²) in [5, 5.41) is 3.33. The van der Waals surface area contributed by atoms with Gasteiger partial charge < -0.3 is 19.5 Å². The van der Waals surface area contributed by atoms with Crippen molar-refractivity contribution in [2.24, 2.45) is 0 Å². The first-order valence-electron chi connectivity index (χ1n) is 6.13. The van der Waals surface area contributed by atoms with Crippen LogP contribution in [0.2, 0.25) is 0 Å². The topological polar surface area (TPSA) is 80.2 Å². The van der Waals surface area contributed by atoms with Crippen molar-refractivity contribution in [2.45, 2.75) is 25.9 Å². The van der Waals surface area contributed by atoms with E-state index in [1.807, 2.05) is 0 Å². The van der Waals surface area contributed by atoms with Gasteiger partial charge >= 0.3 is 5.97 Å². The van der Waals surface area contributed by atoms with Gasteiger partial charge in [0.1, 0.15) is 5.82 Å². The zero-order valence-corrected chi connectivity index (χ0v) is 11.0. The quantitative estimate of drug-likeness (QED) is 0.779. The number of ether oxygens (including phenoxy) is 1. The van der Waals surface area contributed by atoms with E-state index in [2.05, 4.69) is 26.9 Å². The van der Waals surface area contributed by atoms with Crippen molar-refractivity contribution in [1.82, 2.24) is 15.3 Å². The molecule has 6 heteroatoms. The SMILES string of the molecule is CCC(NCc1ccoc1C(=O)OC)c1ncc[nH]1. The second-order valence-corrected chi connectivity index (χ2v) is 4.08. The molecule has 2 N–H and O–H groups in total. The first-order valence-corrected chi connectivity index (χ1v) is 6.13. The molecule has 2 aromatic rings. The van der Waals surface area contributed by atoms with E-state index in [-0.39, 0.29) is 11.8 Å². The summed E-state index contributed by atoms with van der Waals surface area (Å²) in [6.07, 6.45) is 5.88. The van der Waals surface area contributed by atoms with Crippen LogP contribution in [0.1, 0.15) is 41.3 Å². The average Bonchev–Trinajstić information content (AvgIpc) is 3.09. The Bertz CT molecular complexity index is 519. The second-order valence-electron chi connectivity index (χ2n) is 4.08. The van der Waals surface area contributed by atoms with Gasteiger partial charge in [0, 0.05) is 24.5 Å². The van der Waals surface area contributed by atoms with E-state index in [0.717, 1.165) is 17.8 Å². The summed E-state index contributed by atoms with van der Waals surface area (Å²) >= 11 is 0. The summed E-state index contributed by atoms with van der Waals surface area (Å²) < 4.78 is 9.80. The fourth-order valence-electron chi connectivity index (χ4n) is 1.88. The molecule has 0 aliphatic rings. The molecule has 0 aliphatic carbocycles. The summed E-state index contributed by atoms with van der Waals surface area (Å²) in [6.45, 7) is 2.58. The average molecular weight is 263 g/mol. The Labute approximate surface area is 111 Å². The molecule has 0 aliphatic heterocycles. The lowest BCUT2D eigenvalue weighted by Gasteiger charge is -2.14. The maximum absolute atomic E-state index is 11.5. The Hall–Kier alpha value is -2.08. The number of furan rings is 1. The number of rotatable bonds is 6. The van der Waals surface area contributed by atoms with Crippen LogP contribution in [-0.2, 0) is 11.3 Å². The number of carbonyl (C=O) groups excluding carboxylic acids is 1. The number of aromatic nitrogens is 2. The molecule has 0 fully saturated rings. The number of methoxy groups -OCH3 is 1. The van der Waals surface area contributed by atoms with Crippen LogP contribution in [-0.4, -0.2) is 23.0 Å². The van der Waals surface area contributed by atoms with Gasteiger partial charge in [-0.25, -0.2) is 9.78 Å². The number of hydrogen-bond acceptors (Lipinski definition) is 5. The van der Waals surface area contributed by atoms with Crippen LogP contribution in [0.5, 0.6) is 0 Å². The molecular formula is C13H17N3O3. The summed E-state index contributed by atoms with van der Waals surface area (Å²) in [7, 11) is 1.33. The van der Waals surface area contributed by atoms with Gasteiger partial charge in [-0.3, -0.25) is 0 Å². The predicted octanol–water partition coefficient (Wildman–Crippen LogP) is 2.03. The molecule has 0 aromatic carbocycles. The third kappa shape index (κ3) is 3.03. The highest BCUT2D eigenvalue weighted by Crippen LogP contribution is 2.16. The molecule has 1 unspecified atom stereocenters. The highest BCUT2D eigenvalue weighted by atomic mass is 16.5. The van der Waals surface area contributed by atoms with Crippen LogP contribution in [0.3, 0.4) is 0 Å². The number of H-pyrrole nitrogens is 1. The zero-order chi connectivity index (χ0) is 13.7. The van der Waals surface area contributed by atoms with Crippen LogP contribution < -0.4 is 5.32 Å². The number of nitrogens with zero attached hydrogens (tertiary/aromatic N) is 1. The molecule has 19 heavy (non-hydrogen) atoms. The Morgan fingerprint density at radius 1 is 1.63 bits per heavy atom. The van der Waals surface area contributed by atoms with E-state index in [1.165, 1.54) is 13.4 Å².